The first kappa shape index (κ1) is 23.4. The van der Waals surface area contributed by atoms with Crippen molar-refractivity contribution in [2.45, 2.75) is 4.90 Å². The normalized spacial score (nSPS) is 12.4. The van der Waals surface area contributed by atoms with Crippen LogP contribution in [0.25, 0.3) is 10.8 Å². The summed E-state index contributed by atoms with van der Waals surface area (Å²) in [5, 5.41) is 18.7. The largest absolute Gasteiger partial charge is 0.505 e. The maximum atomic E-state index is 11.8. The molecule has 0 unspecified atom stereocenters. The van der Waals surface area contributed by atoms with Gasteiger partial charge in [-0.3, -0.25) is 9.11 Å². The smallest absolute Gasteiger partial charge is 0.397 e. The summed E-state index contributed by atoms with van der Waals surface area (Å²) in [7, 11) is -9.29. The van der Waals surface area contributed by atoms with Crippen molar-refractivity contribution in [1.82, 2.24) is 0 Å². The lowest BCUT2D eigenvalue weighted by Gasteiger charge is -2.09. The van der Waals surface area contributed by atoms with Crippen LogP contribution in [0.3, 0.4) is 0 Å². The number of phenols is 1. The first-order valence-electron chi connectivity index (χ1n) is 8.73. The molecule has 0 aliphatic heterocycles. The number of ether oxygens (including phenoxy) is 1. The molecule has 3 aromatic rings. The predicted molar refractivity (Wildman–Crippen MR) is 113 cm³/mol. The van der Waals surface area contributed by atoms with Crippen molar-refractivity contribution in [3.8, 4) is 11.5 Å². The fourth-order valence-corrected chi connectivity index (χ4v) is 3.62. The fraction of sp³-hybridized carbons (Fsp3) is 0.111. The molecule has 12 nitrogen and oxygen atoms in total. The van der Waals surface area contributed by atoms with E-state index in [0.29, 0.717) is 11.4 Å². The van der Waals surface area contributed by atoms with Gasteiger partial charge in [-0.15, -0.1) is 5.11 Å². The van der Waals surface area contributed by atoms with Crippen LogP contribution in [-0.2, 0) is 24.7 Å². The molecule has 5 N–H and O–H groups in total. The van der Waals surface area contributed by atoms with Crippen LogP contribution in [0.5, 0.6) is 11.5 Å². The maximum Gasteiger partial charge on any atom is 0.397 e. The van der Waals surface area contributed by atoms with E-state index >= 15 is 0 Å². The van der Waals surface area contributed by atoms with Gasteiger partial charge in [0.2, 0.25) is 0 Å². The van der Waals surface area contributed by atoms with Crippen LogP contribution < -0.4 is 10.5 Å². The number of nitrogens with two attached hydrogens (primary N) is 1. The van der Waals surface area contributed by atoms with Gasteiger partial charge in [-0.2, -0.15) is 21.9 Å². The predicted octanol–water partition coefficient (Wildman–Crippen LogP) is 2.99. The molecule has 0 bridgehead atoms. The molecule has 170 valence electrons. The molecule has 3 aromatic carbocycles. The maximum absolute atomic E-state index is 11.8. The Balaban J connectivity index is 1.85. The number of nitrogens with zero attached hydrogens (tertiary/aromatic N) is 2. The Labute approximate surface area is 182 Å². The third kappa shape index (κ3) is 5.89. The average Bonchev–Trinajstić information content (AvgIpc) is 2.69. The molecule has 0 saturated carbocycles. The summed E-state index contributed by atoms with van der Waals surface area (Å²) in [5.74, 6) is -0.176. The van der Waals surface area contributed by atoms with E-state index in [4.69, 9.17) is 15.0 Å². The minimum Gasteiger partial charge on any atom is -0.505 e. The van der Waals surface area contributed by atoms with E-state index in [1.54, 1.807) is 0 Å². The average molecular weight is 483 g/mol. The second kappa shape index (κ2) is 9.05. The highest BCUT2D eigenvalue weighted by atomic mass is 32.3. The van der Waals surface area contributed by atoms with Crippen LogP contribution in [0.1, 0.15) is 0 Å². The second-order valence-corrected chi connectivity index (χ2v) is 8.80. The molecule has 0 atom stereocenters. The van der Waals surface area contributed by atoms with Gasteiger partial charge in [0, 0.05) is 11.1 Å². The number of aromatic hydroxyl groups is 1. The van der Waals surface area contributed by atoms with E-state index in [0.717, 1.165) is 6.07 Å². The standard InChI is InChI=1S/C18H17N3O9S2/c19-12-1-6-15-11(9-12)10-16(31(23,24)25)17(18(15)22)21-20-13-2-4-14(5-3-13)29-7-8-30-32(26,27)28/h1-6,9-10,22H,7-8,19H2,(H,23,24,25)(H,26,27,28). The van der Waals surface area contributed by atoms with Crippen LogP contribution in [0.15, 0.2) is 63.7 Å². The van der Waals surface area contributed by atoms with Crippen LogP contribution in [0.4, 0.5) is 17.1 Å². The van der Waals surface area contributed by atoms with Crippen molar-refractivity contribution in [3.63, 3.8) is 0 Å². The molecule has 0 aromatic heterocycles. The Morgan fingerprint density at radius 2 is 1.59 bits per heavy atom. The molecular formula is C18H17N3O9S2. The second-order valence-electron chi connectivity index (χ2n) is 6.32. The number of hydrogen-bond donors (Lipinski definition) is 4. The lowest BCUT2D eigenvalue weighted by atomic mass is 10.1. The van der Waals surface area contributed by atoms with Gasteiger partial charge in [-0.05, 0) is 53.9 Å². The molecule has 0 amide bonds. The van der Waals surface area contributed by atoms with Gasteiger partial charge in [-0.25, -0.2) is 4.18 Å². The number of fused-ring (bicyclic) bond motifs is 1. The summed E-state index contributed by atoms with van der Waals surface area (Å²) in [4.78, 5) is -0.643. The van der Waals surface area contributed by atoms with Gasteiger partial charge in [0.25, 0.3) is 10.1 Å². The minimum atomic E-state index is -4.74. The lowest BCUT2D eigenvalue weighted by Crippen LogP contribution is -2.11. The Kier molecular flexibility index (Phi) is 6.61. The molecule has 14 heteroatoms. The Hall–Kier alpha value is -3.30. The molecule has 0 aliphatic carbocycles. The molecule has 0 radical (unpaired) electrons. The van der Waals surface area contributed by atoms with Crippen molar-refractivity contribution in [2.75, 3.05) is 18.9 Å². The number of anilines is 1. The highest BCUT2D eigenvalue weighted by Crippen LogP contribution is 2.41. The molecule has 0 aliphatic rings. The van der Waals surface area contributed by atoms with Gasteiger partial charge in [0.1, 0.15) is 29.5 Å². The minimum absolute atomic E-state index is 0.159. The van der Waals surface area contributed by atoms with Crippen LogP contribution in [0, 0.1) is 0 Å². The number of benzene rings is 3. The fourth-order valence-electron chi connectivity index (χ4n) is 2.68. The number of azo groups is 1. The summed E-state index contributed by atoms with van der Waals surface area (Å²) < 4.78 is 71.9. The van der Waals surface area contributed by atoms with Gasteiger partial charge in [0.05, 0.1) is 5.69 Å². The van der Waals surface area contributed by atoms with Gasteiger partial charge in [-0.1, -0.05) is 0 Å². The summed E-state index contributed by atoms with van der Waals surface area (Å²) in [6.45, 7) is -0.556. The SMILES string of the molecule is Nc1ccc2c(O)c(N=Nc3ccc(OCCOS(=O)(=O)O)cc3)c(S(=O)(=O)O)cc2c1. The summed E-state index contributed by atoms with van der Waals surface area (Å²) in [6, 6.07) is 11.4. The highest BCUT2D eigenvalue weighted by molar-refractivity contribution is 7.86. The van der Waals surface area contributed by atoms with Crippen LogP contribution >= 0.6 is 0 Å². The summed E-state index contributed by atoms with van der Waals surface area (Å²) in [6.07, 6.45) is 0. The number of nitrogen functional groups attached to an aromatic ring is 1. The third-order valence-electron chi connectivity index (χ3n) is 4.04. The lowest BCUT2D eigenvalue weighted by molar-refractivity contribution is 0.202. The van der Waals surface area contributed by atoms with E-state index in [2.05, 4.69) is 14.4 Å². The van der Waals surface area contributed by atoms with E-state index in [-0.39, 0.29) is 23.1 Å². The van der Waals surface area contributed by atoms with E-state index in [9.17, 15) is 26.5 Å². The first-order valence-corrected chi connectivity index (χ1v) is 11.5. The molecule has 0 saturated heterocycles. The van der Waals surface area contributed by atoms with Crippen molar-refractivity contribution >= 4 is 48.4 Å². The number of phenolic OH excluding ortho intramolecular Hbond substituents is 1. The van der Waals surface area contributed by atoms with E-state index in [1.807, 2.05) is 0 Å². The zero-order valence-electron chi connectivity index (χ0n) is 16.1. The zero-order chi connectivity index (χ0) is 23.5. The van der Waals surface area contributed by atoms with Gasteiger partial charge in [0.15, 0.2) is 5.75 Å². The highest BCUT2D eigenvalue weighted by Gasteiger charge is 2.22. The molecule has 0 heterocycles. The van der Waals surface area contributed by atoms with Crippen molar-refractivity contribution in [1.29, 1.82) is 0 Å². The Morgan fingerprint density at radius 1 is 0.906 bits per heavy atom. The molecular weight excluding hydrogens is 466 g/mol. The number of rotatable bonds is 8. The van der Waals surface area contributed by atoms with Crippen molar-refractivity contribution in [2.24, 2.45) is 10.2 Å². The monoisotopic (exact) mass is 483 g/mol. The number of hydrogen-bond acceptors (Lipinski definition) is 10. The van der Waals surface area contributed by atoms with Crippen LogP contribution in [0.2, 0.25) is 0 Å². The summed E-state index contributed by atoms with van der Waals surface area (Å²) >= 11 is 0. The Bertz CT molecular complexity index is 1390. The Morgan fingerprint density at radius 3 is 2.22 bits per heavy atom. The molecule has 0 spiro atoms. The zero-order valence-corrected chi connectivity index (χ0v) is 17.7. The van der Waals surface area contributed by atoms with Crippen LogP contribution in [-0.4, -0.2) is 44.3 Å². The van der Waals surface area contributed by atoms with Crippen molar-refractivity contribution < 1.29 is 40.0 Å². The van der Waals surface area contributed by atoms with E-state index in [1.165, 1.54) is 42.5 Å². The van der Waals surface area contributed by atoms with Gasteiger partial charge < -0.3 is 15.6 Å². The summed E-state index contributed by atoms with van der Waals surface area (Å²) in [5.41, 5.74) is 5.82. The van der Waals surface area contributed by atoms with Crippen molar-refractivity contribution in [3.05, 3.63) is 48.5 Å². The third-order valence-corrected chi connectivity index (χ3v) is 5.37. The topological polar surface area (TPSA) is 198 Å². The molecule has 32 heavy (non-hydrogen) atoms. The van der Waals surface area contributed by atoms with E-state index < -0.39 is 43.5 Å². The van der Waals surface area contributed by atoms with Gasteiger partial charge >= 0.3 is 10.4 Å². The molecule has 3 rings (SSSR count). The quantitative estimate of drug-likeness (QED) is 0.160. The first-order chi connectivity index (χ1) is 14.9. The molecule has 0 fully saturated rings.